The average Bonchev–Trinajstić information content (AvgIpc) is 1.91. The number of aliphatic imine (C=N–C) groups is 2. The molecule has 0 amide bonds. The Bertz CT molecular complexity index is 129. The van der Waals surface area contributed by atoms with Crippen LogP contribution in [0.15, 0.2) is 9.98 Å². The van der Waals surface area contributed by atoms with Gasteiger partial charge in [0.2, 0.25) is 0 Å². The van der Waals surface area contributed by atoms with Gasteiger partial charge in [0.15, 0.2) is 0 Å². The molecule has 0 aromatic rings. The standard InChI is InChI=1S/C3H4N2S2.2Li/c6-2-3(7)5-1-4-2;;/h1H2,(H,4,6)(H,5,7);;/q;2*+1/p-2. The van der Waals surface area contributed by atoms with Crippen molar-refractivity contribution in [3.8, 4) is 0 Å². The second-order valence-corrected chi connectivity index (χ2v) is 1.84. The molecule has 0 bridgehead atoms. The predicted octanol–water partition coefficient (Wildman–Crippen LogP) is -6.14. The minimum Gasteiger partial charge on any atom is -0.761 e. The molecule has 0 saturated carbocycles. The quantitative estimate of drug-likeness (QED) is 0.249. The summed E-state index contributed by atoms with van der Waals surface area (Å²) in [4.78, 5) is 7.48. The molecular weight excluding hydrogens is 142 g/mol. The molecule has 2 nitrogen and oxygen atoms in total. The van der Waals surface area contributed by atoms with Crippen LogP contribution in [0.4, 0.5) is 0 Å². The number of rotatable bonds is 0. The van der Waals surface area contributed by atoms with E-state index in [1.807, 2.05) is 0 Å². The minimum atomic E-state index is 0. The third-order valence-electron chi connectivity index (χ3n) is 0.612. The number of nitrogens with zero attached hydrogens (tertiary/aromatic N) is 2. The third-order valence-corrected chi connectivity index (χ3v) is 1.39. The Labute approximate surface area is 89.2 Å². The summed E-state index contributed by atoms with van der Waals surface area (Å²) in [5.41, 5.74) is 0. The molecule has 0 aromatic heterocycles. The van der Waals surface area contributed by atoms with E-state index < -0.39 is 0 Å². The predicted molar refractivity (Wildman–Crippen MR) is 34.5 cm³/mol. The summed E-state index contributed by atoms with van der Waals surface area (Å²) < 4.78 is 0. The Morgan fingerprint density at radius 1 is 1.00 bits per heavy atom. The van der Waals surface area contributed by atoms with E-state index in [4.69, 9.17) is 0 Å². The Morgan fingerprint density at radius 2 is 1.33 bits per heavy atom. The molecule has 0 radical (unpaired) electrons. The summed E-state index contributed by atoms with van der Waals surface area (Å²) >= 11 is 9.28. The maximum absolute atomic E-state index is 4.64. The van der Waals surface area contributed by atoms with E-state index in [1.165, 1.54) is 0 Å². The van der Waals surface area contributed by atoms with Gasteiger partial charge in [0, 0.05) is 0 Å². The Hall–Kier alpha value is 0.975. The van der Waals surface area contributed by atoms with Crippen LogP contribution in [0.1, 0.15) is 0 Å². The third kappa shape index (κ3) is 3.62. The van der Waals surface area contributed by atoms with Crippen molar-refractivity contribution in [1.82, 2.24) is 0 Å². The van der Waals surface area contributed by atoms with Gasteiger partial charge in [-0.25, -0.2) is 0 Å². The SMILES string of the molecule is [Li+].[Li+].[S-]C1=NCN=C1[S-]. The van der Waals surface area contributed by atoms with Crippen molar-refractivity contribution in [2.45, 2.75) is 0 Å². The Kier molecular flexibility index (Phi) is 8.05. The van der Waals surface area contributed by atoms with Crippen molar-refractivity contribution in [3.63, 3.8) is 0 Å². The topological polar surface area (TPSA) is 24.7 Å². The van der Waals surface area contributed by atoms with Gasteiger partial charge >= 0.3 is 37.7 Å². The van der Waals surface area contributed by atoms with E-state index in [-0.39, 0.29) is 37.7 Å². The molecular formula is C3H2Li2N2S2. The van der Waals surface area contributed by atoms with Crippen LogP contribution in [0.5, 0.6) is 0 Å². The minimum absolute atomic E-state index is 0. The monoisotopic (exact) mass is 144 g/mol. The first-order valence-corrected chi connectivity index (χ1v) is 2.55. The molecule has 0 aromatic carbocycles. The van der Waals surface area contributed by atoms with Gasteiger partial charge in [0.05, 0.1) is 0 Å². The summed E-state index contributed by atoms with van der Waals surface area (Å²) in [6, 6.07) is 0. The van der Waals surface area contributed by atoms with Crippen molar-refractivity contribution in [2.24, 2.45) is 9.98 Å². The zero-order valence-corrected chi connectivity index (χ0v) is 7.05. The summed E-state index contributed by atoms with van der Waals surface area (Å²) in [6.07, 6.45) is 0. The molecule has 0 aliphatic carbocycles. The zero-order chi connectivity index (χ0) is 5.28. The normalized spacial score (nSPS) is 14.7. The number of hydrogen-bond acceptors (Lipinski definition) is 4. The average molecular weight is 144 g/mol. The van der Waals surface area contributed by atoms with Crippen molar-refractivity contribution in [3.05, 3.63) is 0 Å². The van der Waals surface area contributed by atoms with Crippen LogP contribution in [-0.2, 0) is 25.3 Å². The van der Waals surface area contributed by atoms with Gasteiger partial charge < -0.3 is 25.3 Å². The van der Waals surface area contributed by atoms with E-state index in [0.717, 1.165) is 0 Å². The first kappa shape index (κ1) is 12.6. The first-order valence-electron chi connectivity index (χ1n) is 1.74. The molecule has 0 spiro atoms. The van der Waals surface area contributed by atoms with Crippen LogP contribution in [0.3, 0.4) is 0 Å². The molecule has 1 aliphatic rings. The largest absolute Gasteiger partial charge is 1.00 e. The second-order valence-electron chi connectivity index (χ2n) is 1.07. The van der Waals surface area contributed by atoms with E-state index in [1.54, 1.807) is 0 Å². The molecule has 6 heteroatoms. The van der Waals surface area contributed by atoms with Gasteiger partial charge in [-0.2, -0.15) is 0 Å². The molecule has 0 N–H and O–H groups in total. The summed E-state index contributed by atoms with van der Waals surface area (Å²) in [5, 5.41) is 0.963. The number of hydrogen-bond donors (Lipinski definition) is 0. The fraction of sp³-hybridized carbons (Fsp3) is 0.333. The van der Waals surface area contributed by atoms with Gasteiger partial charge in [-0.1, -0.05) is 10.1 Å². The van der Waals surface area contributed by atoms with E-state index in [9.17, 15) is 0 Å². The van der Waals surface area contributed by atoms with Crippen molar-refractivity contribution >= 4 is 35.3 Å². The molecule has 1 aliphatic heterocycles. The van der Waals surface area contributed by atoms with E-state index >= 15 is 0 Å². The second kappa shape index (κ2) is 5.74. The van der Waals surface area contributed by atoms with Crippen LogP contribution in [0.2, 0.25) is 0 Å². The van der Waals surface area contributed by atoms with Gasteiger partial charge in [-0.15, -0.1) is 0 Å². The maximum Gasteiger partial charge on any atom is 1.00 e. The van der Waals surface area contributed by atoms with Gasteiger partial charge in [-0.05, 0) is 0 Å². The smallest absolute Gasteiger partial charge is 0.761 e. The van der Waals surface area contributed by atoms with Crippen molar-refractivity contribution in [1.29, 1.82) is 0 Å². The van der Waals surface area contributed by atoms with E-state index in [0.29, 0.717) is 16.8 Å². The van der Waals surface area contributed by atoms with Crippen LogP contribution < -0.4 is 37.7 Å². The molecule has 1 heterocycles. The molecule has 9 heavy (non-hydrogen) atoms. The molecule has 0 unspecified atom stereocenters. The van der Waals surface area contributed by atoms with Crippen LogP contribution in [0.25, 0.3) is 0 Å². The molecule has 0 saturated heterocycles. The fourth-order valence-electron chi connectivity index (χ4n) is 0.299. The Morgan fingerprint density at radius 3 is 1.44 bits per heavy atom. The molecule has 0 fully saturated rings. The van der Waals surface area contributed by atoms with Gasteiger partial charge in [-0.3, -0.25) is 9.98 Å². The van der Waals surface area contributed by atoms with Gasteiger partial charge in [0.1, 0.15) is 6.67 Å². The summed E-state index contributed by atoms with van der Waals surface area (Å²) in [5.74, 6) is 0. The van der Waals surface area contributed by atoms with Crippen molar-refractivity contribution in [2.75, 3.05) is 6.67 Å². The fourth-order valence-corrected chi connectivity index (χ4v) is 0.544. The van der Waals surface area contributed by atoms with Crippen LogP contribution in [0, 0.1) is 0 Å². The summed E-state index contributed by atoms with van der Waals surface area (Å²) in [6.45, 7) is 0.442. The molecule has 1 rings (SSSR count). The molecule has 0 atom stereocenters. The van der Waals surface area contributed by atoms with Crippen LogP contribution in [-0.4, -0.2) is 16.8 Å². The van der Waals surface area contributed by atoms with E-state index in [2.05, 4.69) is 35.2 Å². The summed E-state index contributed by atoms with van der Waals surface area (Å²) in [7, 11) is 0. The zero-order valence-electron chi connectivity index (χ0n) is 5.42. The molecule has 38 valence electrons. The van der Waals surface area contributed by atoms with Gasteiger partial charge in [0.25, 0.3) is 0 Å². The Balaban J connectivity index is 0. The van der Waals surface area contributed by atoms with Crippen molar-refractivity contribution < 1.29 is 37.7 Å². The maximum atomic E-state index is 4.64. The van der Waals surface area contributed by atoms with Crippen LogP contribution >= 0.6 is 0 Å². The first-order chi connectivity index (χ1) is 3.30.